The van der Waals surface area contributed by atoms with Crippen molar-refractivity contribution in [2.75, 3.05) is 11.9 Å². The number of carboxylic acid groups (broad SMARTS) is 1. The van der Waals surface area contributed by atoms with Crippen LogP contribution in [-0.2, 0) is 21.2 Å². The van der Waals surface area contributed by atoms with E-state index in [1.54, 1.807) is 35.3 Å². The highest BCUT2D eigenvalue weighted by Gasteiger charge is 2.30. The van der Waals surface area contributed by atoms with Crippen LogP contribution in [0, 0.1) is 0 Å². The monoisotopic (exact) mass is 479 g/mol. The number of nitrogens with zero attached hydrogens (tertiary/aromatic N) is 5. The van der Waals surface area contributed by atoms with Crippen LogP contribution in [0.1, 0.15) is 16.6 Å². The summed E-state index contributed by atoms with van der Waals surface area (Å²) in [6, 6.07) is 15.2. The summed E-state index contributed by atoms with van der Waals surface area (Å²) in [5, 5.41) is 17.5. The molecular formula is C22H21N7O4S. The summed E-state index contributed by atoms with van der Waals surface area (Å²) in [6.45, 7) is -0.113. The van der Waals surface area contributed by atoms with Gasteiger partial charge in [0.25, 0.3) is 0 Å². The molecule has 34 heavy (non-hydrogen) atoms. The Morgan fingerprint density at radius 1 is 1.06 bits per heavy atom. The standard InChI is InChI=1S/C22H21N7O4S/c30-21(31)13-25-20-5-1-4-19(28-20)22(34(32,33)18-3-2-10-23-12-18)26-11-16-6-8-17(9-7-16)29-15-24-14-27-29/h1-10,12,14-15,22,26H,11,13H2,(H,25,28)(H,30,31). The maximum absolute atomic E-state index is 13.5. The lowest BCUT2D eigenvalue weighted by molar-refractivity contribution is -0.134. The van der Waals surface area contributed by atoms with Gasteiger partial charge in [0.2, 0.25) is 9.84 Å². The van der Waals surface area contributed by atoms with Gasteiger partial charge in [-0.25, -0.2) is 23.1 Å². The second-order valence-corrected chi connectivity index (χ2v) is 9.23. The normalized spacial score (nSPS) is 12.2. The Morgan fingerprint density at radius 3 is 2.56 bits per heavy atom. The number of aliphatic carboxylic acids is 1. The van der Waals surface area contributed by atoms with E-state index in [4.69, 9.17) is 5.11 Å². The summed E-state index contributed by atoms with van der Waals surface area (Å²) in [6.07, 6.45) is 5.80. The molecule has 4 rings (SSSR count). The lowest BCUT2D eigenvalue weighted by Gasteiger charge is -2.20. The largest absolute Gasteiger partial charge is 0.480 e. The molecule has 0 aliphatic carbocycles. The Bertz CT molecular complexity index is 1350. The van der Waals surface area contributed by atoms with Gasteiger partial charge in [0.05, 0.1) is 16.3 Å². The van der Waals surface area contributed by atoms with Crippen LogP contribution in [-0.4, -0.2) is 50.8 Å². The molecule has 174 valence electrons. The predicted molar refractivity (Wildman–Crippen MR) is 123 cm³/mol. The third-order valence-corrected chi connectivity index (χ3v) is 6.77. The number of carbonyl (C=O) groups is 1. The van der Waals surface area contributed by atoms with Crippen molar-refractivity contribution in [3.8, 4) is 5.69 Å². The topological polar surface area (TPSA) is 152 Å². The summed E-state index contributed by atoms with van der Waals surface area (Å²) in [4.78, 5) is 23.1. The Kier molecular flexibility index (Phi) is 6.90. The smallest absolute Gasteiger partial charge is 0.322 e. The first kappa shape index (κ1) is 23.0. The van der Waals surface area contributed by atoms with Crippen molar-refractivity contribution >= 4 is 21.6 Å². The lowest BCUT2D eigenvalue weighted by Crippen LogP contribution is -2.30. The molecule has 0 amide bonds. The van der Waals surface area contributed by atoms with Gasteiger partial charge in [-0.15, -0.1) is 0 Å². The molecule has 0 aliphatic heterocycles. The van der Waals surface area contributed by atoms with E-state index >= 15 is 0 Å². The molecule has 4 aromatic rings. The summed E-state index contributed by atoms with van der Waals surface area (Å²) >= 11 is 0. The SMILES string of the molecule is O=C(O)CNc1cccc(C(NCc2ccc(-n3cncn3)cc2)S(=O)(=O)c2cccnc2)n1. The van der Waals surface area contributed by atoms with E-state index in [1.807, 2.05) is 24.3 Å². The highest BCUT2D eigenvalue weighted by Crippen LogP contribution is 2.26. The second-order valence-electron chi connectivity index (χ2n) is 7.20. The molecule has 3 aromatic heterocycles. The van der Waals surface area contributed by atoms with Crippen LogP contribution >= 0.6 is 0 Å². The molecule has 11 nitrogen and oxygen atoms in total. The van der Waals surface area contributed by atoms with Gasteiger partial charge in [0, 0.05) is 18.9 Å². The molecule has 0 saturated carbocycles. The average Bonchev–Trinajstić information content (AvgIpc) is 3.39. The number of pyridine rings is 2. The van der Waals surface area contributed by atoms with Gasteiger partial charge in [-0.05, 0) is 42.0 Å². The fourth-order valence-corrected chi connectivity index (χ4v) is 4.71. The fraction of sp³-hybridized carbons (Fsp3) is 0.136. The van der Waals surface area contributed by atoms with Gasteiger partial charge >= 0.3 is 5.97 Å². The summed E-state index contributed by atoms with van der Waals surface area (Å²) in [7, 11) is -3.92. The first-order chi connectivity index (χ1) is 16.4. The quantitative estimate of drug-likeness (QED) is 0.307. The first-order valence-electron chi connectivity index (χ1n) is 10.2. The predicted octanol–water partition coefficient (Wildman–Crippen LogP) is 1.82. The summed E-state index contributed by atoms with van der Waals surface area (Å²) < 4.78 is 28.5. The third-order valence-electron chi connectivity index (χ3n) is 4.84. The van der Waals surface area contributed by atoms with Gasteiger partial charge < -0.3 is 10.4 Å². The minimum atomic E-state index is -3.92. The van der Waals surface area contributed by atoms with Gasteiger partial charge in [-0.2, -0.15) is 5.10 Å². The van der Waals surface area contributed by atoms with Crippen molar-refractivity contribution < 1.29 is 18.3 Å². The van der Waals surface area contributed by atoms with Gasteiger partial charge in [0.1, 0.15) is 25.0 Å². The van der Waals surface area contributed by atoms with Gasteiger partial charge in [0.15, 0.2) is 5.37 Å². The summed E-state index contributed by atoms with van der Waals surface area (Å²) in [5.74, 6) is -0.801. The number of hydrogen-bond donors (Lipinski definition) is 3. The van der Waals surface area contributed by atoms with Crippen molar-refractivity contribution in [1.82, 2.24) is 30.0 Å². The fourth-order valence-electron chi connectivity index (χ4n) is 3.21. The number of benzene rings is 1. The minimum Gasteiger partial charge on any atom is -0.480 e. The van der Waals surface area contributed by atoms with Crippen molar-refractivity contribution in [2.45, 2.75) is 16.8 Å². The number of hydrogen-bond acceptors (Lipinski definition) is 9. The van der Waals surface area contributed by atoms with E-state index in [-0.39, 0.29) is 29.5 Å². The molecule has 1 atom stereocenters. The van der Waals surface area contributed by atoms with Crippen molar-refractivity contribution in [3.63, 3.8) is 0 Å². The van der Waals surface area contributed by atoms with Crippen LogP contribution in [0.3, 0.4) is 0 Å². The van der Waals surface area contributed by atoms with E-state index in [0.29, 0.717) is 0 Å². The van der Waals surface area contributed by atoms with Crippen LogP contribution in [0.4, 0.5) is 5.82 Å². The molecule has 12 heteroatoms. The zero-order chi connectivity index (χ0) is 24.0. The molecule has 0 fully saturated rings. The second kappa shape index (κ2) is 10.2. The van der Waals surface area contributed by atoms with E-state index in [2.05, 4.69) is 30.7 Å². The van der Waals surface area contributed by atoms with Crippen molar-refractivity contribution in [1.29, 1.82) is 0 Å². The number of sulfone groups is 1. The van der Waals surface area contributed by atoms with E-state index in [1.165, 1.54) is 24.8 Å². The zero-order valence-corrected chi connectivity index (χ0v) is 18.6. The van der Waals surface area contributed by atoms with E-state index < -0.39 is 21.2 Å². The summed E-state index contributed by atoms with van der Waals surface area (Å²) in [5.41, 5.74) is 1.88. The molecule has 0 radical (unpaired) electrons. The molecule has 0 bridgehead atoms. The number of rotatable bonds is 10. The van der Waals surface area contributed by atoms with Gasteiger partial charge in [-0.1, -0.05) is 18.2 Å². The maximum atomic E-state index is 13.5. The average molecular weight is 480 g/mol. The molecule has 1 aromatic carbocycles. The van der Waals surface area contributed by atoms with Crippen LogP contribution < -0.4 is 10.6 Å². The molecule has 3 N–H and O–H groups in total. The van der Waals surface area contributed by atoms with E-state index in [9.17, 15) is 13.2 Å². The molecule has 0 aliphatic rings. The van der Waals surface area contributed by atoms with Crippen LogP contribution in [0.2, 0.25) is 0 Å². The van der Waals surface area contributed by atoms with Gasteiger partial charge in [-0.3, -0.25) is 15.1 Å². The minimum absolute atomic E-state index is 0.0414. The third kappa shape index (κ3) is 5.42. The van der Waals surface area contributed by atoms with E-state index in [0.717, 1.165) is 11.3 Å². The van der Waals surface area contributed by atoms with Crippen LogP contribution in [0.25, 0.3) is 5.69 Å². The molecule has 0 saturated heterocycles. The highest BCUT2D eigenvalue weighted by atomic mass is 32.2. The molecule has 3 heterocycles. The number of aromatic nitrogens is 5. The zero-order valence-electron chi connectivity index (χ0n) is 17.8. The molecular weight excluding hydrogens is 458 g/mol. The Labute approximate surface area is 195 Å². The number of anilines is 1. The van der Waals surface area contributed by atoms with Crippen LogP contribution in [0.5, 0.6) is 0 Å². The highest BCUT2D eigenvalue weighted by molar-refractivity contribution is 7.91. The Hall–Kier alpha value is -4.16. The Balaban J connectivity index is 1.61. The number of carboxylic acids is 1. The molecule has 0 spiro atoms. The molecule has 1 unspecified atom stereocenters. The van der Waals surface area contributed by atoms with Crippen molar-refractivity contribution in [2.24, 2.45) is 0 Å². The van der Waals surface area contributed by atoms with Crippen LogP contribution in [0.15, 0.2) is 84.5 Å². The van der Waals surface area contributed by atoms with Crippen molar-refractivity contribution in [3.05, 3.63) is 90.9 Å². The Morgan fingerprint density at radius 2 is 1.88 bits per heavy atom. The first-order valence-corrected chi connectivity index (χ1v) is 11.7. The lowest BCUT2D eigenvalue weighted by atomic mass is 10.2. The number of nitrogens with one attached hydrogen (secondary N) is 2. The maximum Gasteiger partial charge on any atom is 0.322 e.